The summed E-state index contributed by atoms with van der Waals surface area (Å²) in [5, 5.41) is 12.1. The first kappa shape index (κ1) is 20.9. The summed E-state index contributed by atoms with van der Waals surface area (Å²) in [6, 6.07) is 9.99. The monoisotopic (exact) mass is 418 g/mol. The lowest BCUT2D eigenvalue weighted by Gasteiger charge is -2.21. The Balaban J connectivity index is 1.82. The number of hydroxylamine groups is 2. The average Bonchev–Trinajstić information content (AvgIpc) is 2.87. The molecule has 1 saturated heterocycles. The average molecular weight is 418 g/mol. The van der Waals surface area contributed by atoms with Crippen LogP contribution < -0.4 is 15.8 Å². The lowest BCUT2D eigenvalue weighted by Crippen LogP contribution is -2.34. The van der Waals surface area contributed by atoms with Crippen LogP contribution in [0.2, 0.25) is 0 Å². The second-order valence-corrected chi connectivity index (χ2v) is 6.91. The molecule has 1 aliphatic rings. The topological polar surface area (TPSA) is 114 Å². The number of nitrogens with zero attached hydrogens (tertiary/aromatic N) is 1. The third-order valence-corrected chi connectivity index (χ3v) is 4.86. The van der Waals surface area contributed by atoms with Crippen molar-refractivity contribution in [1.82, 2.24) is 10.4 Å². The molecule has 8 nitrogen and oxygen atoms in total. The molecule has 3 rings (SSSR count). The highest BCUT2D eigenvalue weighted by atomic mass is 32.2. The molecule has 4 N–H and O–H groups in total. The van der Waals surface area contributed by atoms with Crippen molar-refractivity contribution in [3.05, 3.63) is 58.9 Å². The van der Waals surface area contributed by atoms with Crippen molar-refractivity contribution in [2.75, 3.05) is 18.5 Å². The Kier molecular flexibility index (Phi) is 6.94. The highest BCUT2D eigenvalue weighted by Crippen LogP contribution is 2.24. The molecule has 2 aromatic carbocycles. The van der Waals surface area contributed by atoms with E-state index in [2.05, 4.69) is 10.6 Å². The van der Waals surface area contributed by atoms with E-state index in [9.17, 15) is 18.8 Å². The van der Waals surface area contributed by atoms with Gasteiger partial charge in [-0.2, -0.15) is 5.06 Å². The molecule has 1 aliphatic heterocycles. The largest absolute Gasteiger partial charge is 0.381 e. The van der Waals surface area contributed by atoms with E-state index in [1.807, 2.05) is 0 Å². The van der Waals surface area contributed by atoms with E-state index in [1.165, 1.54) is 5.06 Å². The number of imide groups is 1. The fourth-order valence-corrected chi connectivity index (χ4v) is 3.29. The van der Waals surface area contributed by atoms with Gasteiger partial charge in [0.2, 0.25) is 5.91 Å². The Morgan fingerprint density at radius 3 is 2.79 bits per heavy atom. The van der Waals surface area contributed by atoms with Crippen molar-refractivity contribution in [1.29, 1.82) is 0 Å². The molecule has 0 unspecified atom stereocenters. The van der Waals surface area contributed by atoms with Crippen LogP contribution >= 0.6 is 11.9 Å². The summed E-state index contributed by atoms with van der Waals surface area (Å²) in [7, 11) is 0. The van der Waals surface area contributed by atoms with Crippen molar-refractivity contribution in [3.8, 4) is 0 Å². The number of benzene rings is 2. The zero-order valence-electron chi connectivity index (χ0n) is 15.3. The standard InChI is InChI=1S/C19H19FN4O4S/c20-19-12(3-2-6-16(19)29-21)7-22-15-5-1-4-13(10-25)14(15)8-24-9-17(26)23-18(27)11-28-24/h1-6,10,22H,7-9,11,21H2,(H,23,26,27). The van der Waals surface area contributed by atoms with Crippen LogP contribution in [0, 0.1) is 5.82 Å². The van der Waals surface area contributed by atoms with Crippen molar-refractivity contribution < 1.29 is 23.6 Å². The zero-order chi connectivity index (χ0) is 20.8. The molecule has 0 aliphatic carbocycles. The fourth-order valence-electron chi connectivity index (χ4n) is 2.90. The minimum atomic E-state index is -0.535. The number of aldehydes is 1. The van der Waals surface area contributed by atoms with Crippen molar-refractivity contribution in [2.45, 2.75) is 18.0 Å². The first-order chi connectivity index (χ1) is 14.0. The van der Waals surface area contributed by atoms with Gasteiger partial charge in [-0.25, -0.2) is 4.39 Å². The maximum atomic E-state index is 14.4. The summed E-state index contributed by atoms with van der Waals surface area (Å²) in [6.07, 6.45) is 0.690. The highest BCUT2D eigenvalue weighted by Gasteiger charge is 2.22. The molecule has 10 heteroatoms. The molecular formula is C19H19FN4O4S. The van der Waals surface area contributed by atoms with Gasteiger partial charge in [0, 0.05) is 28.9 Å². The number of carbonyl (C=O) groups is 3. The normalized spacial score (nSPS) is 15.0. The minimum absolute atomic E-state index is 0.0825. The van der Waals surface area contributed by atoms with Crippen LogP contribution in [0.4, 0.5) is 10.1 Å². The predicted molar refractivity (Wildman–Crippen MR) is 105 cm³/mol. The summed E-state index contributed by atoms with van der Waals surface area (Å²) < 4.78 is 14.4. The number of anilines is 1. The molecule has 2 amide bonds. The Morgan fingerprint density at radius 2 is 2.03 bits per heavy atom. The SMILES string of the molecule is NSc1cccc(CNc2cccc(C=O)c2CN2CC(=O)NC(=O)CO2)c1F. The van der Waals surface area contributed by atoms with E-state index < -0.39 is 17.6 Å². The van der Waals surface area contributed by atoms with E-state index in [1.54, 1.807) is 36.4 Å². The van der Waals surface area contributed by atoms with Gasteiger partial charge in [-0.3, -0.25) is 29.7 Å². The van der Waals surface area contributed by atoms with Crippen molar-refractivity contribution >= 4 is 35.7 Å². The van der Waals surface area contributed by atoms with E-state index in [0.717, 1.165) is 11.9 Å². The number of amides is 2. The lowest BCUT2D eigenvalue weighted by molar-refractivity contribution is -0.169. The maximum Gasteiger partial charge on any atom is 0.254 e. The molecule has 2 aromatic rings. The quantitative estimate of drug-likeness (QED) is 0.353. The number of hydrogen-bond donors (Lipinski definition) is 3. The van der Waals surface area contributed by atoms with E-state index in [0.29, 0.717) is 33.6 Å². The molecule has 0 spiro atoms. The van der Waals surface area contributed by atoms with Crippen LogP contribution in [0.15, 0.2) is 41.3 Å². The molecule has 1 heterocycles. The van der Waals surface area contributed by atoms with Crippen LogP contribution in [0.3, 0.4) is 0 Å². The Labute approximate surface area is 170 Å². The molecule has 0 atom stereocenters. The van der Waals surface area contributed by atoms with Gasteiger partial charge in [0.25, 0.3) is 5.91 Å². The number of halogens is 1. The van der Waals surface area contributed by atoms with Crippen LogP contribution in [0.5, 0.6) is 0 Å². The Hall–Kier alpha value is -2.79. The first-order valence-corrected chi connectivity index (χ1v) is 9.55. The van der Waals surface area contributed by atoms with Gasteiger partial charge in [-0.1, -0.05) is 24.3 Å². The van der Waals surface area contributed by atoms with Crippen LogP contribution in [-0.2, 0) is 27.5 Å². The predicted octanol–water partition coefficient (Wildman–Crippen LogP) is 1.61. The third-order valence-electron chi connectivity index (χ3n) is 4.29. The van der Waals surface area contributed by atoms with Gasteiger partial charge < -0.3 is 5.32 Å². The van der Waals surface area contributed by atoms with Gasteiger partial charge >= 0.3 is 0 Å². The molecule has 0 bridgehead atoms. The lowest BCUT2D eigenvalue weighted by atomic mass is 10.1. The number of rotatable bonds is 7. The van der Waals surface area contributed by atoms with E-state index in [-0.39, 0.29) is 26.2 Å². The third kappa shape index (κ3) is 5.18. The summed E-state index contributed by atoms with van der Waals surface area (Å²) >= 11 is 0.828. The number of nitrogens with one attached hydrogen (secondary N) is 2. The van der Waals surface area contributed by atoms with Crippen LogP contribution in [0.25, 0.3) is 0 Å². The fraction of sp³-hybridized carbons (Fsp3) is 0.211. The molecule has 29 heavy (non-hydrogen) atoms. The van der Waals surface area contributed by atoms with Gasteiger partial charge in [0.15, 0.2) is 0 Å². The van der Waals surface area contributed by atoms with Crippen LogP contribution in [0.1, 0.15) is 21.5 Å². The highest BCUT2D eigenvalue weighted by molar-refractivity contribution is 7.97. The van der Waals surface area contributed by atoms with E-state index in [4.69, 9.17) is 9.98 Å². The molecule has 152 valence electrons. The summed E-state index contributed by atoms with van der Waals surface area (Å²) in [5.41, 5.74) is 1.95. The van der Waals surface area contributed by atoms with E-state index >= 15 is 0 Å². The second kappa shape index (κ2) is 9.61. The zero-order valence-corrected chi connectivity index (χ0v) is 16.1. The number of nitrogens with two attached hydrogens (primary N) is 1. The second-order valence-electron chi connectivity index (χ2n) is 6.23. The smallest absolute Gasteiger partial charge is 0.254 e. The maximum absolute atomic E-state index is 14.4. The summed E-state index contributed by atoms with van der Waals surface area (Å²) in [5.74, 6) is -1.44. The molecule has 1 fully saturated rings. The Morgan fingerprint density at radius 1 is 1.24 bits per heavy atom. The van der Waals surface area contributed by atoms with Gasteiger partial charge in [-0.05, 0) is 24.1 Å². The molecule has 0 radical (unpaired) electrons. The van der Waals surface area contributed by atoms with Crippen molar-refractivity contribution in [2.24, 2.45) is 5.14 Å². The minimum Gasteiger partial charge on any atom is -0.381 e. The summed E-state index contributed by atoms with van der Waals surface area (Å²) in [6.45, 7) is -0.218. The molecular weight excluding hydrogens is 399 g/mol. The van der Waals surface area contributed by atoms with Gasteiger partial charge in [0.1, 0.15) is 25.3 Å². The number of hydrogen-bond acceptors (Lipinski definition) is 8. The molecule has 0 saturated carbocycles. The first-order valence-electron chi connectivity index (χ1n) is 8.67. The van der Waals surface area contributed by atoms with Crippen molar-refractivity contribution in [3.63, 3.8) is 0 Å². The van der Waals surface area contributed by atoms with Gasteiger partial charge in [0.05, 0.1) is 11.4 Å². The Bertz CT molecular complexity index is 940. The van der Waals surface area contributed by atoms with Crippen LogP contribution in [-0.4, -0.2) is 36.3 Å². The number of carbonyl (C=O) groups excluding carboxylic acids is 3. The van der Waals surface area contributed by atoms with Gasteiger partial charge in [-0.15, -0.1) is 0 Å². The molecule has 0 aromatic heterocycles. The summed E-state index contributed by atoms with van der Waals surface area (Å²) in [4.78, 5) is 40.4.